The standard InChI is InChI=1S/C16H15NO3S/c1-11-8-12(2)10-14(9-11)17-21(18,19)15-5-3-4-13-6-7-20-16(13)15/h3-10,17H,1-2H3. The Balaban J connectivity index is 2.06. The molecule has 0 saturated heterocycles. The third-order valence-electron chi connectivity index (χ3n) is 3.21. The van der Waals surface area contributed by atoms with E-state index in [-0.39, 0.29) is 4.90 Å². The minimum atomic E-state index is -3.69. The van der Waals surface area contributed by atoms with E-state index in [1.165, 1.54) is 12.3 Å². The van der Waals surface area contributed by atoms with Crippen molar-refractivity contribution in [2.75, 3.05) is 4.72 Å². The topological polar surface area (TPSA) is 59.3 Å². The molecule has 2 aromatic carbocycles. The summed E-state index contributed by atoms with van der Waals surface area (Å²) in [5.74, 6) is 0. The van der Waals surface area contributed by atoms with E-state index in [2.05, 4.69) is 4.72 Å². The summed E-state index contributed by atoms with van der Waals surface area (Å²) in [5, 5.41) is 0.762. The van der Waals surface area contributed by atoms with Gasteiger partial charge in [0.1, 0.15) is 4.90 Å². The van der Waals surface area contributed by atoms with Crippen molar-refractivity contribution in [1.29, 1.82) is 0 Å². The molecule has 0 atom stereocenters. The summed E-state index contributed by atoms with van der Waals surface area (Å²) in [6.07, 6.45) is 1.49. The largest absolute Gasteiger partial charge is 0.463 e. The smallest absolute Gasteiger partial charge is 0.265 e. The lowest BCUT2D eigenvalue weighted by molar-refractivity contribution is 0.588. The van der Waals surface area contributed by atoms with Crippen LogP contribution in [0.3, 0.4) is 0 Å². The maximum atomic E-state index is 12.6. The Hall–Kier alpha value is -2.27. The number of hydrogen-bond acceptors (Lipinski definition) is 3. The third-order valence-corrected chi connectivity index (χ3v) is 4.61. The molecule has 1 N–H and O–H groups in total. The fourth-order valence-corrected chi connectivity index (χ4v) is 3.63. The summed E-state index contributed by atoms with van der Waals surface area (Å²) in [6, 6.07) is 12.4. The van der Waals surface area contributed by atoms with Crippen molar-refractivity contribution in [3.63, 3.8) is 0 Å². The lowest BCUT2D eigenvalue weighted by atomic mass is 10.1. The Morgan fingerprint density at radius 3 is 2.43 bits per heavy atom. The number of benzene rings is 2. The molecule has 3 aromatic rings. The molecule has 1 heterocycles. The van der Waals surface area contributed by atoms with Crippen LogP contribution in [-0.4, -0.2) is 8.42 Å². The van der Waals surface area contributed by atoms with Crippen LogP contribution in [0.25, 0.3) is 11.0 Å². The Kier molecular flexibility index (Phi) is 3.22. The number of hydrogen-bond donors (Lipinski definition) is 1. The number of anilines is 1. The molecule has 1 aromatic heterocycles. The van der Waals surface area contributed by atoms with Crippen molar-refractivity contribution in [3.05, 3.63) is 59.9 Å². The van der Waals surface area contributed by atoms with Crippen molar-refractivity contribution >= 4 is 26.7 Å². The molecule has 0 amide bonds. The summed E-state index contributed by atoms with van der Waals surface area (Å²) in [7, 11) is -3.69. The maximum Gasteiger partial charge on any atom is 0.265 e. The van der Waals surface area contributed by atoms with Crippen LogP contribution in [0.15, 0.2) is 58.0 Å². The van der Waals surface area contributed by atoms with Crippen molar-refractivity contribution in [1.82, 2.24) is 0 Å². The molecule has 21 heavy (non-hydrogen) atoms. The zero-order valence-corrected chi connectivity index (χ0v) is 12.6. The number of furan rings is 1. The van der Waals surface area contributed by atoms with Crippen LogP contribution in [0.5, 0.6) is 0 Å². The van der Waals surface area contributed by atoms with Crippen LogP contribution < -0.4 is 4.72 Å². The molecular formula is C16H15NO3S. The quantitative estimate of drug-likeness (QED) is 0.799. The normalized spacial score (nSPS) is 11.7. The molecule has 0 fully saturated rings. The monoisotopic (exact) mass is 301 g/mol. The Bertz CT molecular complexity index is 890. The van der Waals surface area contributed by atoms with Gasteiger partial charge in [0.25, 0.3) is 10.0 Å². The summed E-state index contributed by atoms with van der Waals surface area (Å²) in [5.41, 5.74) is 2.93. The van der Waals surface area contributed by atoms with Gasteiger partial charge in [0.2, 0.25) is 0 Å². The van der Waals surface area contributed by atoms with Gasteiger partial charge in [-0.15, -0.1) is 0 Å². The van der Waals surface area contributed by atoms with Gasteiger partial charge in [-0.3, -0.25) is 4.72 Å². The van der Waals surface area contributed by atoms with Crippen LogP contribution >= 0.6 is 0 Å². The summed E-state index contributed by atoms with van der Waals surface area (Å²) < 4.78 is 33.0. The van der Waals surface area contributed by atoms with E-state index >= 15 is 0 Å². The predicted octanol–water partition coefficient (Wildman–Crippen LogP) is 3.85. The van der Waals surface area contributed by atoms with E-state index in [4.69, 9.17) is 4.42 Å². The molecule has 3 rings (SSSR count). The van der Waals surface area contributed by atoms with Gasteiger partial charge in [-0.1, -0.05) is 18.2 Å². The fourth-order valence-electron chi connectivity index (χ4n) is 2.42. The lowest BCUT2D eigenvalue weighted by Gasteiger charge is -2.10. The number of aryl methyl sites for hydroxylation is 2. The van der Waals surface area contributed by atoms with E-state index < -0.39 is 10.0 Å². The number of nitrogens with one attached hydrogen (secondary N) is 1. The first-order valence-electron chi connectivity index (χ1n) is 6.53. The van der Waals surface area contributed by atoms with E-state index in [9.17, 15) is 8.42 Å². The number of para-hydroxylation sites is 1. The van der Waals surface area contributed by atoms with Gasteiger partial charge in [0, 0.05) is 11.1 Å². The highest BCUT2D eigenvalue weighted by molar-refractivity contribution is 7.93. The number of fused-ring (bicyclic) bond motifs is 1. The van der Waals surface area contributed by atoms with Gasteiger partial charge >= 0.3 is 0 Å². The molecule has 0 radical (unpaired) electrons. The highest BCUT2D eigenvalue weighted by atomic mass is 32.2. The molecule has 0 saturated carbocycles. The van der Waals surface area contributed by atoms with Gasteiger partial charge in [-0.2, -0.15) is 0 Å². The van der Waals surface area contributed by atoms with Crippen molar-refractivity contribution in [2.24, 2.45) is 0 Å². The van der Waals surface area contributed by atoms with Gasteiger partial charge in [-0.25, -0.2) is 8.42 Å². The van der Waals surface area contributed by atoms with Crippen LogP contribution in [0.1, 0.15) is 11.1 Å². The molecule has 0 unspecified atom stereocenters. The molecular weight excluding hydrogens is 286 g/mol. The number of sulfonamides is 1. The Morgan fingerprint density at radius 2 is 1.71 bits per heavy atom. The number of rotatable bonds is 3. The fraction of sp³-hybridized carbons (Fsp3) is 0.125. The van der Waals surface area contributed by atoms with E-state index in [0.717, 1.165) is 16.5 Å². The Morgan fingerprint density at radius 1 is 1.00 bits per heavy atom. The molecule has 108 valence electrons. The van der Waals surface area contributed by atoms with Crippen LogP contribution in [0, 0.1) is 13.8 Å². The average molecular weight is 301 g/mol. The molecule has 0 aliphatic carbocycles. The zero-order valence-electron chi connectivity index (χ0n) is 11.8. The zero-order chi connectivity index (χ0) is 15.0. The lowest BCUT2D eigenvalue weighted by Crippen LogP contribution is -2.13. The average Bonchev–Trinajstić information content (AvgIpc) is 2.84. The van der Waals surface area contributed by atoms with Crippen LogP contribution in [-0.2, 0) is 10.0 Å². The molecule has 0 aliphatic rings. The van der Waals surface area contributed by atoms with Crippen LogP contribution in [0.2, 0.25) is 0 Å². The SMILES string of the molecule is Cc1cc(C)cc(NS(=O)(=O)c2cccc3ccoc23)c1. The molecule has 0 spiro atoms. The van der Waals surface area contributed by atoms with Crippen molar-refractivity contribution < 1.29 is 12.8 Å². The minimum absolute atomic E-state index is 0.143. The van der Waals surface area contributed by atoms with Gasteiger partial charge < -0.3 is 4.42 Å². The molecule has 0 aliphatic heterocycles. The predicted molar refractivity (Wildman–Crippen MR) is 82.9 cm³/mol. The molecule has 4 nitrogen and oxygen atoms in total. The van der Waals surface area contributed by atoms with Crippen molar-refractivity contribution in [2.45, 2.75) is 18.7 Å². The first-order valence-corrected chi connectivity index (χ1v) is 8.01. The second-order valence-electron chi connectivity index (χ2n) is 5.08. The van der Waals surface area contributed by atoms with Crippen LogP contribution in [0.4, 0.5) is 5.69 Å². The second-order valence-corrected chi connectivity index (χ2v) is 6.73. The highest BCUT2D eigenvalue weighted by Gasteiger charge is 2.19. The molecule has 5 heteroatoms. The third kappa shape index (κ3) is 2.64. The van der Waals surface area contributed by atoms with E-state index in [0.29, 0.717) is 11.3 Å². The van der Waals surface area contributed by atoms with Crippen molar-refractivity contribution in [3.8, 4) is 0 Å². The van der Waals surface area contributed by atoms with E-state index in [1.54, 1.807) is 24.3 Å². The second kappa shape index (κ2) is 4.93. The van der Waals surface area contributed by atoms with E-state index in [1.807, 2.05) is 26.0 Å². The minimum Gasteiger partial charge on any atom is -0.463 e. The first-order chi connectivity index (χ1) is 9.95. The summed E-state index contributed by atoms with van der Waals surface area (Å²) in [6.45, 7) is 3.86. The van der Waals surface area contributed by atoms with Gasteiger partial charge in [-0.05, 0) is 49.2 Å². The molecule has 0 bridgehead atoms. The van der Waals surface area contributed by atoms with Gasteiger partial charge in [0.15, 0.2) is 5.58 Å². The highest BCUT2D eigenvalue weighted by Crippen LogP contribution is 2.26. The first kappa shape index (κ1) is 13.7. The van der Waals surface area contributed by atoms with Gasteiger partial charge in [0.05, 0.1) is 6.26 Å². The summed E-state index contributed by atoms with van der Waals surface area (Å²) in [4.78, 5) is 0.143. The maximum absolute atomic E-state index is 12.6. The Labute approximate surface area is 123 Å². The summed E-state index contributed by atoms with van der Waals surface area (Å²) >= 11 is 0.